The molecule has 1 aliphatic heterocycles. The highest BCUT2D eigenvalue weighted by atomic mass is 19.4. The van der Waals surface area contributed by atoms with E-state index >= 15 is 0 Å². The minimum absolute atomic E-state index is 0.0751. The molecule has 0 aliphatic carbocycles. The van der Waals surface area contributed by atoms with Gasteiger partial charge in [-0.3, -0.25) is 9.59 Å². The van der Waals surface area contributed by atoms with Crippen LogP contribution in [0.4, 0.5) is 32.0 Å². The molecule has 1 heterocycles. The Morgan fingerprint density at radius 3 is 1.97 bits per heavy atom. The molecule has 0 spiro atoms. The summed E-state index contributed by atoms with van der Waals surface area (Å²) in [5.74, 6) is -3.33. The Hall–Kier alpha value is -2.83. The molecule has 1 fully saturated rings. The van der Waals surface area contributed by atoms with Crippen LogP contribution < -0.4 is 4.90 Å². The minimum Gasteiger partial charge on any atom is -0.457 e. The highest BCUT2D eigenvalue weighted by Gasteiger charge is 2.45. The number of ether oxygens (including phenoxy) is 3. The van der Waals surface area contributed by atoms with E-state index in [0.29, 0.717) is 17.0 Å². The van der Waals surface area contributed by atoms with Crippen LogP contribution in [-0.2, 0) is 40.9 Å². The summed E-state index contributed by atoms with van der Waals surface area (Å²) in [6, 6.07) is 0.682. The molecule has 1 aromatic carbocycles. The summed E-state index contributed by atoms with van der Waals surface area (Å²) >= 11 is 0. The maximum Gasteiger partial charge on any atom is 0.416 e. The van der Waals surface area contributed by atoms with Crippen molar-refractivity contribution in [2.24, 2.45) is 0 Å². The summed E-state index contributed by atoms with van der Waals surface area (Å²) in [7, 11) is 0. The third-order valence-corrected chi connectivity index (χ3v) is 4.21. The molecule has 0 unspecified atom stereocenters. The highest BCUT2D eigenvalue weighted by molar-refractivity contribution is 6.01. The van der Waals surface area contributed by atoms with Gasteiger partial charge in [0.05, 0.1) is 17.7 Å². The van der Waals surface area contributed by atoms with E-state index in [4.69, 9.17) is 14.2 Å². The van der Waals surface area contributed by atoms with Gasteiger partial charge in [0.1, 0.15) is 5.60 Å². The second kappa shape index (κ2) is 9.20. The third kappa shape index (κ3) is 6.83. The Bertz CT molecular complexity index is 889. The number of rotatable bonds is 4. The molecule has 0 saturated carbocycles. The number of hydrogen-bond donors (Lipinski definition) is 0. The number of esters is 2. The monoisotopic (exact) mass is 485 g/mol. The second-order valence-corrected chi connectivity index (χ2v) is 8.11. The molecule has 1 amide bonds. The van der Waals surface area contributed by atoms with Crippen molar-refractivity contribution < 1.29 is 54.9 Å². The zero-order chi connectivity index (χ0) is 25.4. The van der Waals surface area contributed by atoms with E-state index in [2.05, 4.69) is 0 Å². The van der Waals surface area contributed by atoms with E-state index in [0.717, 1.165) is 6.92 Å². The topological polar surface area (TPSA) is 82.1 Å². The van der Waals surface area contributed by atoms with Gasteiger partial charge >= 0.3 is 24.3 Å². The predicted octanol–water partition coefficient (Wildman–Crippen LogP) is 3.73. The maximum atomic E-state index is 13.2. The fourth-order valence-electron chi connectivity index (χ4n) is 2.95. The van der Waals surface area contributed by atoms with Crippen molar-refractivity contribution in [3.8, 4) is 0 Å². The molecule has 33 heavy (non-hydrogen) atoms. The molecule has 13 heteroatoms. The van der Waals surface area contributed by atoms with Crippen LogP contribution in [0.5, 0.6) is 0 Å². The Morgan fingerprint density at radius 1 is 1.03 bits per heavy atom. The molecule has 1 aromatic rings. The first kappa shape index (κ1) is 26.4. The van der Waals surface area contributed by atoms with Crippen LogP contribution in [0.25, 0.3) is 0 Å². The van der Waals surface area contributed by atoms with Crippen LogP contribution in [0.3, 0.4) is 0 Å². The Labute approximate surface area is 184 Å². The van der Waals surface area contributed by atoms with E-state index in [1.165, 1.54) is 20.8 Å². The number of morpholine rings is 1. The first-order chi connectivity index (χ1) is 14.9. The van der Waals surface area contributed by atoms with Gasteiger partial charge < -0.3 is 19.1 Å². The van der Waals surface area contributed by atoms with Crippen LogP contribution in [0.15, 0.2) is 18.2 Å². The van der Waals surface area contributed by atoms with Gasteiger partial charge in [-0.25, -0.2) is 4.79 Å². The standard InChI is InChI=1S/C20H21F6NO6/c1-10(28)32-15(17(30)33-18(2,3)4)14-16(29)27(5-6-31-14)13-8-11(19(21,22)23)7-12(9-13)20(24,25)26/h7-9,14-15H,5-6H2,1-4H3/t14-,15-/m1/s1. The zero-order valence-electron chi connectivity index (χ0n) is 18.0. The van der Waals surface area contributed by atoms with Gasteiger partial charge in [-0.05, 0) is 39.0 Å². The third-order valence-electron chi connectivity index (χ3n) is 4.21. The number of halogens is 6. The van der Waals surface area contributed by atoms with E-state index < -0.39 is 71.4 Å². The second-order valence-electron chi connectivity index (χ2n) is 8.11. The molecule has 7 nitrogen and oxygen atoms in total. The molecular formula is C20H21F6NO6. The van der Waals surface area contributed by atoms with Crippen LogP contribution in [0.2, 0.25) is 0 Å². The molecule has 0 radical (unpaired) electrons. The molecule has 0 N–H and O–H groups in total. The summed E-state index contributed by atoms with van der Waals surface area (Å²) in [6.07, 6.45) is -14.0. The normalized spacial score (nSPS) is 18.7. The Balaban J connectivity index is 2.48. The van der Waals surface area contributed by atoms with Gasteiger partial charge in [0.2, 0.25) is 6.10 Å². The summed E-state index contributed by atoms with van der Waals surface area (Å²) in [4.78, 5) is 37.6. The molecule has 184 valence electrons. The molecule has 1 aliphatic rings. The van der Waals surface area contributed by atoms with E-state index in [9.17, 15) is 40.7 Å². The van der Waals surface area contributed by atoms with Crippen molar-refractivity contribution in [3.05, 3.63) is 29.3 Å². The summed E-state index contributed by atoms with van der Waals surface area (Å²) in [5, 5.41) is 0. The number of amides is 1. The molecule has 2 atom stereocenters. The predicted molar refractivity (Wildman–Crippen MR) is 99.9 cm³/mol. The highest BCUT2D eigenvalue weighted by Crippen LogP contribution is 2.39. The largest absolute Gasteiger partial charge is 0.457 e. The van der Waals surface area contributed by atoms with Crippen LogP contribution in [0, 0.1) is 0 Å². The van der Waals surface area contributed by atoms with Crippen molar-refractivity contribution in [1.82, 2.24) is 0 Å². The fourth-order valence-corrected chi connectivity index (χ4v) is 2.95. The number of alkyl halides is 6. The van der Waals surface area contributed by atoms with Crippen molar-refractivity contribution in [2.75, 3.05) is 18.1 Å². The average Bonchev–Trinajstić information content (AvgIpc) is 2.63. The SMILES string of the molecule is CC(=O)O[C@@H](C(=O)OC(C)(C)C)[C@H]1OCCN(c2cc(C(F)(F)F)cc(C(F)(F)F)c2)C1=O. The van der Waals surface area contributed by atoms with Gasteiger partial charge in [0.15, 0.2) is 6.10 Å². The van der Waals surface area contributed by atoms with Gasteiger partial charge in [0, 0.05) is 19.2 Å². The van der Waals surface area contributed by atoms with E-state index in [1.54, 1.807) is 0 Å². The maximum absolute atomic E-state index is 13.2. The first-order valence-corrected chi connectivity index (χ1v) is 9.52. The lowest BCUT2D eigenvalue weighted by atomic mass is 10.1. The summed E-state index contributed by atoms with van der Waals surface area (Å²) in [5.41, 5.74) is -5.00. The summed E-state index contributed by atoms with van der Waals surface area (Å²) in [6.45, 7) is 4.64. The van der Waals surface area contributed by atoms with Gasteiger partial charge in [-0.2, -0.15) is 26.3 Å². The van der Waals surface area contributed by atoms with Gasteiger partial charge in [0.25, 0.3) is 5.91 Å². The van der Waals surface area contributed by atoms with Crippen LogP contribution in [-0.4, -0.2) is 48.8 Å². The van der Waals surface area contributed by atoms with Crippen molar-refractivity contribution in [3.63, 3.8) is 0 Å². The molecule has 2 rings (SSSR count). The minimum atomic E-state index is -5.12. The smallest absolute Gasteiger partial charge is 0.416 e. The fraction of sp³-hybridized carbons (Fsp3) is 0.550. The van der Waals surface area contributed by atoms with E-state index in [1.807, 2.05) is 0 Å². The molecule has 0 bridgehead atoms. The number of nitrogens with zero attached hydrogens (tertiary/aromatic N) is 1. The number of carbonyl (C=O) groups excluding carboxylic acids is 3. The lowest BCUT2D eigenvalue weighted by Crippen LogP contribution is -2.56. The first-order valence-electron chi connectivity index (χ1n) is 9.52. The average molecular weight is 485 g/mol. The van der Waals surface area contributed by atoms with Crippen LogP contribution >= 0.6 is 0 Å². The Morgan fingerprint density at radius 2 is 1.55 bits per heavy atom. The lowest BCUT2D eigenvalue weighted by Gasteiger charge is -2.36. The number of anilines is 1. The molecule has 0 aromatic heterocycles. The number of carbonyl (C=O) groups is 3. The molecule has 1 saturated heterocycles. The van der Waals surface area contributed by atoms with Crippen molar-refractivity contribution >= 4 is 23.5 Å². The van der Waals surface area contributed by atoms with Crippen LogP contribution in [0.1, 0.15) is 38.8 Å². The molecular weight excluding hydrogens is 464 g/mol. The van der Waals surface area contributed by atoms with Crippen molar-refractivity contribution in [1.29, 1.82) is 0 Å². The Kier molecular flexibility index (Phi) is 7.36. The quantitative estimate of drug-likeness (QED) is 0.478. The summed E-state index contributed by atoms with van der Waals surface area (Å²) < 4.78 is 94.4. The van der Waals surface area contributed by atoms with Crippen molar-refractivity contribution in [2.45, 2.75) is 57.9 Å². The lowest BCUT2D eigenvalue weighted by molar-refractivity contribution is -0.188. The van der Waals surface area contributed by atoms with E-state index in [-0.39, 0.29) is 12.7 Å². The number of benzene rings is 1. The zero-order valence-corrected chi connectivity index (χ0v) is 18.0. The van der Waals surface area contributed by atoms with Gasteiger partial charge in [-0.1, -0.05) is 0 Å². The van der Waals surface area contributed by atoms with Gasteiger partial charge in [-0.15, -0.1) is 0 Å². The number of hydrogen-bond acceptors (Lipinski definition) is 6.